The second-order valence-electron chi connectivity index (χ2n) is 4.69. The molecule has 0 saturated heterocycles. The van der Waals surface area contributed by atoms with E-state index in [1.54, 1.807) is 36.4 Å². The Morgan fingerprint density at radius 3 is 2.62 bits per heavy atom. The van der Waals surface area contributed by atoms with E-state index in [2.05, 4.69) is 11.4 Å². The van der Waals surface area contributed by atoms with Gasteiger partial charge in [0.2, 0.25) is 5.91 Å². The van der Waals surface area contributed by atoms with Gasteiger partial charge in [0.05, 0.1) is 18.2 Å². The number of rotatable bonds is 4. The minimum atomic E-state index is -0.132. The summed E-state index contributed by atoms with van der Waals surface area (Å²) >= 11 is 0. The normalized spacial score (nSPS) is 9.71. The standard InChI is InChI=1S/C16H16N4O/c1-20(15-7-5-12(10-17)6-8-15)11-16(21)19-14-4-2-3-13(18)9-14/h2-9H,11,18H2,1H3,(H,19,21). The van der Waals surface area contributed by atoms with Crippen LogP contribution < -0.4 is 16.0 Å². The summed E-state index contributed by atoms with van der Waals surface area (Å²) in [6.07, 6.45) is 0. The number of nitrogen functional groups attached to an aromatic ring is 1. The van der Waals surface area contributed by atoms with E-state index in [1.807, 2.05) is 24.1 Å². The summed E-state index contributed by atoms with van der Waals surface area (Å²) in [5, 5.41) is 11.6. The molecule has 5 heteroatoms. The van der Waals surface area contributed by atoms with Gasteiger partial charge >= 0.3 is 0 Å². The fraction of sp³-hybridized carbons (Fsp3) is 0.125. The Morgan fingerprint density at radius 2 is 2.00 bits per heavy atom. The summed E-state index contributed by atoms with van der Waals surface area (Å²) < 4.78 is 0. The summed E-state index contributed by atoms with van der Waals surface area (Å²) in [6, 6.07) is 16.2. The van der Waals surface area contributed by atoms with E-state index in [4.69, 9.17) is 11.0 Å². The van der Waals surface area contributed by atoms with Crippen LogP contribution in [0.3, 0.4) is 0 Å². The van der Waals surface area contributed by atoms with Crippen LogP contribution in [0.2, 0.25) is 0 Å². The second kappa shape index (κ2) is 6.44. The molecule has 0 atom stereocenters. The van der Waals surface area contributed by atoms with Gasteiger partial charge in [0.1, 0.15) is 0 Å². The zero-order chi connectivity index (χ0) is 15.2. The van der Waals surface area contributed by atoms with Crippen molar-refractivity contribution >= 4 is 23.0 Å². The highest BCUT2D eigenvalue weighted by Gasteiger charge is 2.08. The van der Waals surface area contributed by atoms with Gasteiger partial charge in [-0.25, -0.2) is 0 Å². The smallest absolute Gasteiger partial charge is 0.243 e. The molecule has 2 aromatic carbocycles. The number of carbonyl (C=O) groups is 1. The van der Waals surface area contributed by atoms with E-state index in [-0.39, 0.29) is 12.5 Å². The first-order chi connectivity index (χ1) is 10.1. The van der Waals surface area contributed by atoms with Crippen molar-refractivity contribution in [2.75, 3.05) is 29.5 Å². The molecule has 106 valence electrons. The Hall–Kier alpha value is -3.00. The maximum Gasteiger partial charge on any atom is 0.243 e. The number of nitriles is 1. The van der Waals surface area contributed by atoms with E-state index in [9.17, 15) is 4.79 Å². The van der Waals surface area contributed by atoms with Crippen LogP contribution in [0.25, 0.3) is 0 Å². The molecular formula is C16H16N4O. The molecule has 5 nitrogen and oxygen atoms in total. The van der Waals surface area contributed by atoms with Crippen molar-refractivity contribution in [1.29, 1.82) is 5.26 Å². The summed E-state index contributed by atoms with van der Waals surface area (Å²) in [5.41, 5.74) is 8.41. The topological polar surface area (TPSA) is 82.2 Å². The molecular weight excluding hydrogens is 264 g/mol. The fourth-order valence-corrected chi connectivity index (χ4v) is 1.91. The average Bonchev–Trinajstić information content (AvgIpc) is 2.47. The Morgan fingerprint density at radius 1 is 1.29 bits per heavy atom. The van der Waals surface area contributed by atoms with Gasteiger partial charge in [-0.05, 0) is 42.5 Å². The van der Waals surface area contributed by atoms with Gasteiger partial charge < -0.3 is 16.0 Å². The van der Waals surface area contributed by atoms with Crippen LogP contribution in [-0.4, -0.2) is 19.5 Å². The SMILES string of the molecule is CN(CC(=O)Nc1cccc(N)c1)c1ccc(C#N)cc1. The monoisotopic (exact) mass is 280 g/mol. The Labute approximate surface area is 123 Å². The molecule has 0 fully saturated rings. The predicted octanol–water partition coefficient (Wildman–Crippen LogP) is 2.22. The van der Waals surface area contributed by atoms with Gasteiger partial charge in [0.15, 0.2) is 0 Å². The third kappa shape index (κ3) is 3.98. The average molecular weight is 280 g/mol. The maximum absolute atomic E-state index is 12.0. The van der Waals surface area contributed by atoms with Crippen LogP contribution in [0.5, 0.6) is 0 Å². The van der Waals surface area contributed by atoms with Gasteiger partial charge in [-0.1, -0.05) is 6.07 Å². The first-order valence-electron chi connectivity index (χ1n) is 6.45. The number of nitrogens with zero attached hydrogens (tertiary/aromatic N) is 2. The van der Waals surface area contributed by atoms with Gasteiger partial charge in [-0.3, -0.25) is 4.79 Å². The van der Waals surface area contributed by atoms with Gasteiger partial charge in [-0.2, -0.15) is 5.26 Å². The Balaban J connectivity index is 1.97. The van der Waals surface area contributed by atoms with Crippen molar-refractivity contribution in [2.45, 2.75) is 0 Å². The molecule has 3 N–H and O–H groups in total. The van der Waals surface area contributed by atoms with E-state index in [1.165, 1.54) is 0 Å². The first kappa shape index (κ1) is 14.4. The van der Waals surface area contributed by atoms with Crippen molar-refractivity contribution in [3.05, 3.63) is 54.1 Å². The molecule has 0 radical (unpaired) electrons. The van der Waals surface area contributed by atoms with Crippen molar-refractivity contribution in [3.8, 4) is 6.07 Å². The molecule has 0 unspecified atom stereocenters. The number of hydrogen-bond donors (Lipinski definition) is 2. The zero-order valence-corrected chi connectivity index (χ0v) is 11.7. The molecule has 2 rings (SSSR count). The van der Waals surface area contributed by atoms with Crippen LogP contribution in [-0.2, 0) is 4.79 Å². The lowest BCUT2D eigenvalue weighted by Gasteiger charge is -2.18. The van der Waals surface area contributed by atoms with E-state index in [0.717, 1.165) is 5.69 Å². The molecule has 2 aromatic rings. The summed E-state index contributed by atoms with van der Waals surface area (Å²) in [6.45, 7) is 0.209. The largest absolute Gasteiger partial charge is 0.399 e. The molecule has 0 bridgehead atoms. The first-order valence-corrected chi connectivity index (χ1v) is 6.45. The van der Waals surface area contributed by atoms with E-state index < -0.39 is 0 Å². The van der Waals surface area contributed by atoms with Crippen molar-refractivity contribution in [3.63, 3.8) is 0 Å². The quantitative estimate of drug-likeness (QED) is 0.841. The van der Waals surface area contributed by atoms with Crippen LogP contribution in [0.15, 0.2) is 48.5 Å². The lowest BCUT2D eigenvalue weighted by Crippen LogP contribution is -2.30. The highest BCUT2D eigenvalue weighted by atomic mass is 16.2. The van der Waals surface area contributed by atoms with Crippen molar-refractivity contribution in [2.24, 2.45) is 0 Å². The van der Waals surface area contributed by atoms with Crippen LogP contribution >= 0.6 is 0 Å². The van der Waals surface area contributed by atoms with Gasteiger partial charge in [0, 0.05) is 24.1 Å². The van der Waals surface area contributed by atoms with E-state index >= 15 is 0 Å². The summed E-state index contributed by atoms with van der Waals surface area (Å²) in [7, 11) is 1.82. The number of nitrogens with one attached hydrogen (secondary N) is 1. The molecule has 0 aromatic heterocycles. The van der Waals surface area contributed by atoms with Gasteiger partial charge in [0.25, 0.3) is 0 Å². The number of anilines is 3. The number of likely N-dealkylation sites (N-methyl/N-ethyl adjacent to an activating group) is 1. The third-order valence-electron chi connectivity index (χ3n) is 2.99. The molecule has 0 aliphatic heterocycles. The number of carbonyl (C=O) groups excluding carboxylic acids is 1. The molecule has 0 aliphatic rings. The molecule has 21 heavy (non-hydrogen) atoms. The molecule has 0 aliphatic carbocycles. The minimum absolute atomic E-state index is 0.132. The third-order valence-corrected chi connectivity index (χ3v) is 2.99. The van der Waals surface area contributed by atoms with E-state index in [0.29, 0.717) is 16.9 Å². The number of hydrogen-bond acceptors (Lipinski definition) is 4. The second-order valence-corrected chi connectivity index (χ2v) is 4.69. The van der Waals surface area contributed by atoms with Crippen LogP contribution in [0, 0.1) is 11.3 Å². The maximum atomic E-state index is 12.0. The highest BCUT2D eigenvalue weighted by Crippen LogP contribution is 2.14. The minimum Gasteiger partial charge on any atom is -0.399 e. The van der Waals surface area contributed by atoms with Crippen molar-refractivity contribution in [1.82, 2.24) is 0 Å². The lowest BCUT2D eigenvalue weighted by molar-refractivity contribution is -0.114. The predicted molar refractivity (Wildman–Crippen MR) is 83.9 cm³/mol. The summed E-state index contributed by atoms with van der Waals surface area (Å²) in [4.78, 5) is 13.8. The number of nitrogens with two attached hydrogens (primary N) is 1. The molecule has 0 saturated carbocycles. The van der Waals surface area contributed by atoms with Crippen LogP contribution in [0.4, 0.5) is 17.1 Å². The van der Waals surface area contributed by atoms with Crippen LogP contribution in [0.1, 0.15) is 5.56 Å². The van der Waals surface area contributed by atoms with Gasteiger partial charge in [-0.15, -0.1) is 0 Å². The number of amides is 1. The molecule has 1 amide bonds. The molecule has 0 heterocycles. The zero-order valence-electron chi connectivity index (χ0n) is 11.7. The lowest BCUT2D eigenvalue weighted by atomic mass is 10.2. The number of benzene rings is 2. The molecule has 0 spiro atoms. The summed E-state index contributed by atoms with van der Waals surface area (Å²) in [5.74, 6) is -0.132. The fourth-order valence-electron chi connectivity index (χ4n) is 1.91. The highest BCUT2D eigenvalue weighted by molar-refractivity contribution is 5.94. The van der Waals surface area contributed by atoms with Crippen molar-refractivity contribution < 1.29 is 4.79 Å². The Bertz CT molecular complexity index is 673. The Kier molecular flexibility index (Phi) is 4.42.